The van der Waals surface area contributed by atoms with Crippen molar-refractivity contribution < 1.29 is 9.84 Å². The monoisotopic (exact) mass is 324 g/mol. The SMILES string of the molecule is Cc1cc(Br)ccc1C(O)C1CCOC2(CCC2)C1. The Balaban J connectivity index is 1.77. The van der Waals surface area contributed by atoms with Crippen LogP contribution in [-0.2, 0) is 4.74 Å². The Morgan fingerprint density at radius 3 is 2.84 bits per heavy atom. The highest BCUT2D eigenvalue weighted by Gasteiger charge is 2.44. The molecule has 1 N–H and O–H groups in total. The van der Waals surface area contributed by atoms with Crippen LogP contribution in [0.15, 0.2) is 22.7 Å². The molecule has 2 atom stereocenters. The van der Waals surface area contributed by atoms with Crippen molar-refractivity contribution in [2.45, 2.75) is 50.7 Å². The first-order valence-corrected chi connectivity index (χ1v) is 7.97. The number of aliphatic hydroxyl groups excluding tert-OH is 1. The second kappa shape index (κ2) is 5.19. The molecule has 19 heavy (non-hydrogen) atoms. The zero-order valence-corrected chi connectivity index (χ0v) is 12.9. The van der Waals surface area contributed by atoms with Gasteiger partial charge in [0.1, 0.15) is 0 Å². The molecule has 1 saturated carbocycles. The molecule has 0 aromatic heterocycles. The first-order chi connectivity index (χ1) is 9.10. The van der Waals surface area contributed by atoms with E-state index >= 15 is 0 Å². The van der Waals surface area contributed by atoms with Crippen LogP contribution in [0, 0.1) is 12.8 Å². The molecule has 1 spiro atoms. The molecule has 104 valence electrons. The van der Waals surface area contributed by atoms with E-state index < -0.39 is 0 Å². The average Bonchev–Trinajstić information content (AvgIpc) is 2.36. The number of ether oxygens (including phenoxy) is 1. The summed E-state index contributed by atoms with van der Waals surface area (Å²) in [6, 6.07) is 6.15. The molecule has 1 aliphatic carbocycles. The lowest BCUT2D eigenvalue weighted by molar-refractivity contribution is -0.157. The summed E-state index contributed by atoms with van der Waals surface area (Å²) in [4.78, 5) is 0. The highest BCUT2D eigenvalue weighted by atomic mass is 79.9. The molecule has 2 unspecified atom stereocenters. The van der Waals surface area contributed by atoms with Gasteiger partial charge in [-0.2, -0.15) is 0 Å². The van der Waals surface area contributed by atoms with Crippen molar-refractivity contribution in [1.82, 2.24) is 0 Å². The lowest BCUT2D eigenvalue weighted by atomic mass is 9.70. The van der Waals surface area contributed by atoms with E-state index in [1.54, 1.807) is 0 Å². The molecule has 1 aliphatic heterocycles. The normalized spacial score (nSPS) is 27.0. The van der Waals surface area contributed by atoms with E-state index in [1.165, 1.54) is 19.3 Å². The lowest BCUT2D eigenvalue weighted by Crippen LogP contribution is -2.46. The Morgan fingerprint density at radius 1 is 1.42 bits per heavy atom. The van der Waals surface area contributed by atoms with Crippen LogP contribution < -0.4 is 0 Å². The Bertz CT molecular complexity index is 468. The van der Waals surface area contributed by atoms with Gasteiger partial charge in [0.25, 0.3) is 0 Å². The largest absolute Gasteiger partial charge is 0.388 e. The molecule has 0 radical (unpaired) electrons. The van der Waals surface area contributed by atoms with Gasteiger partial charge in [-0.25, -0.2) is 0 Å². The minimum Gasteiger partial charge on any atom is -0.388 e. The fraction of sp³-hybridized carbons (Fsp3) is 0.625. The van der Waals surface area contributed by atoms with E-state index in [1.807, 2.05) is 12.1 Å². The maximum atomic E-state index is 10.7. The molecule has 1 aromatic rings. The lowest BCUT2D eigenvalue weighted by Gasteiger charge is -2.48. The molecule has 3 rings (SSSR count). The smallest absolute Gasteiger partial charge is 0.0822 e. The fourth-order valence-electron chi connectivity index (χ4n) is 3.48. The quantitative estimate of drug-likeness (QED) is 0.885. The minimum absolute atomic E-state index is 0.104. The van der Waals surface area contributed by atoms with Crippen LogP contribution in [0.4, 0.5) is 0 Å². The fourth-order valence-corrected chi connectivity index (χ4v) is 3.96. The van der Waals surface area contributed by atoms with E-state index in [9.17, 15) is 5.11 Å². The molecular formula is C16H21BrO2. The zero-order chi connectivity index (χ0) is 13.5. The standard InChI is InChI=1S/C16H21BrO2/c1-11-9-13(17)3-4-14(11)15(18)12-5-8-19-16(10-12)6-2-7-16/h3-4,9,12,15,18H,2,5-8,10H2,1H3. The highest BCUT2D eigenvalue weighted by Crippen LogP contribution is 2.47. The summed E-state index contributed by atoms with van der Waals surface area (Å²) in [6.45, 7) is 2.87. The Labute approximate surface area is 123 Å². The van der Waals surface area contributed by atoms with Crippen LogP contribution in [0.1, 0.15) is 49.3 Å². The summed E-state index contributed by atoms with van der Waals surface area (Å²) in [6.07, 6.45) is 5.27. The molecular weight excluding hydrogens is 304 g/mol. The predicted octanol–water partition coefficient (Wildman–Crippen LogP) is 4.14. The van der Waals surface area contributed by atoms with Crippen molar-refractivity contribution >= 4 is 15.9 Å². The van der Waals surface area contributed by atoms with Crippen LogP contribution >= 0.6 is 15.9 Å². The van der Waals surface area contributed by atoms with Gasteiger partial charge in [0.05, 0.1) is 11.7 Å². The number of halogens is 1. The first kappa shape index (κ1) is 13.6. The van der Waals surface area contributed by atoms with Crippen molar-refractivity contribution in [2.75, 3.05) is 6.61 Å². The van der Waals surface area contributed by atoms with Gasteiger partial charge in [-0.1, -0.05) is 22.0 Å². The molecule has 0 bridgehead atoms. The van der Waals surface area contributed by atoms with Gasteiger partial charge in [0.2, 0.25) is 0 Å². The van der Waals surface area contributed by atoms with Crippen molar-refractivity contribution in [3.8, 4) is 0 Å². The van der Waals surface area contributed by atoms with Crippen molar-refractivity contribution in [3.63, 3.8) is 0 Å². The topological polar surface area (TPSA) is 29.5 Å². The van der Waals surface area contributed by atoms with E-state index in [4.69, 9.17) is 4.74 Å². The van der Waals surface area contributed by atoms with Gasteiger partial charge < -0.3 is 9.84 Å². The van der Waals surface area contributed by atoms with E-state index in [0.717, 1.165) is 35.0 Å². The molecule has 3 heteroatoms. The summed E-state index contributed by atoms with van der Waals surface area (Å²) in [5.74, 6) is 0.342. The first-order valence-electron chi connectivity index (χ1n) is 7.18. The third-order valence-electron chi connectivity index (χ3n) is 4.79. The number of aryl methyl sites for hydroxylation is 1. The molecule has 2 nitrogen and oxygen atoms in total. The van der Waals surface area contributed by atoms with Crippen LogP contribution in [-0.4, -0.2) is 17.3 Å². The Morgan fingerprint density at radius 2 is 2.21 bits per heavy atom. The van der Waals surface area contributed by atoms with Crippen LogP contribution in [0.5, 0.6) is 0 Å². The number of hydrogen-bond acceptors (Lipinski definition) is 2. The van der Waals surface area contributed by atoms with E-state index in [0.29, 0.717) is 5.92 Å². The van der Waals surface area contributed by atoms with Gasteiger partial charge in [-0.3, -0.25) is 0 Å². The Kier molecular flexibility index (Phi) is 3.71. The maximum absolute atomic E-state index is 10.7. The van der Waals surface area contributed by atoms with Gasteiger partial charge in [-0.15, -0.1) is 0 Å². The van der Waals surface area contributed by atoms with Gasteiger partial charge in [0, 0.05) is 11.1 Å². The highest BCUT2D eigenvalue weighted by molar-refractivity contribution is 9.10. The number of aliphatic hydroxyl groups is 1. The van der Waals surface area contributed by atoms with Gasteiger partial charge >= 0.3 is 0 Å². The van der Waals surface area contributed by atoms with Crippen LogP contribution in [0.25, 0.3) is 0 Å². The molecule has 1 saturated heterocycles. The second-order valence-electron chi connectivity index (χ2n) is 6.08. The summed E-state index contributed by atoms with van der Waals surface area (Å²) in [5.41, 5.74) is 2.34. The van der Waals surface area contributed by atoms with Crippen LogP contribution in [0.3, 0.4) is 0 Å². The average molecular weight is 325 g/mol. The number of benzene rings is 1. The second-order valence-corrected chi connectivity index (χ2v) is 7.00. The van der Waals surface area contributed by atoms with Crippen molar-refractivity contribution in [3.05, 3.63) is 33.8 Å². The third kappa shape index (κ3) is 2.61. The molecule has 1 aromatic carbocycles. The Hall–Kier alpha value is -0.380. The molecule has 2 aliphatic rings. The minimum atomic E-state index is -0.352. The van der Waals surface area contributed by atoms with E-state index in [2.05, 4.69) is 28.9 Å². The number of rotatable bonds is 2. The van der Waals surface area contributed by atoms with Crippen LogP contribution in [0.2, 0.25) is 0 Å². The van der Waals surface area contributed by atoms with Gasteiger partial charge in [0.15, 0.2) is 0 Å². The van der Waals surface area contributed by atoms with Crippen molar-refractivity contribution in [2.24, 2.45) is 5.92 Å². The number of hydrogen-bond donors (Lipinski definition) is 1. The summed E-state index contributed by atoms with van der Waals surface area (Å²) < 4.78 is 7.02. The molecule has 1 heterocycles. The van der Waals surface area contributed by atoms with E-state index in [-0.39, 0.29) is 11.7 Å². The molecule has 2 fully saturated rings. The summed E-state index contributed by atoms with van der Waals surface area (Å²) in [7, 11) is 0. The third-order valence-corrected chi connectivity index (χ3v) is 5.29. The summed E-state index contributed by atoms with van der Waals surface area (Å²) in [5, 5.41) is 10.7. The molecule has 0 amide bonds. The maximum Gasteiger partial charge on any atom is 0.0822 e. The van der Waals surface area contributed by atoms with Crippen molar-refractivity contribution in [1.29, 1.82) is 0 Å². The predicted molar refractivity (Wildman–Crippen MR) is 79.1 cm³/mol. The zero-order valence-electron chi connectivity index (χ0n) is 11.4. The van der Waals surface area contributed by atoms with Gasteiger partial charge in [-0.05, 0) is 68.2 Å². The summed E-state index contributed by atoms with van der Waals surface area (Å²) >= 11 is 3.48.